The normalized spacial score (nSPS) is 18.4. The van der Waals surface area contributed by atoms with Gasteiger partial charge in [0.15, 0.2) is 5.69 Å². The van der Waals surface area contributed by atoms with Crippen LogP contribution in [0.1, 0.15) is 29.1 Å². The van der Waals surface area contributed by atoms with Gasteiger partial charge < -0.3 is 9.84 Å². The Morgan fingerprint density at radius 2 is 2.11 bits per heavy atom. The fourth-order valence-electron chi connectivity index (χ4n) is 2.06. The van der Waals surface area contributed by atoms with Crippen molar-refractivity contribution >= 4 is 15.9 Å². The number of carbonyl (C=O) groups is 1. The van der Waals surface area contributed by atoms with Crippen molar-refractivity contribution in [3.63, 3.8) is 0 Å². The van der Waals surface area contributed by atoms with E-state index in [2.05, 4.69) is 10.5 Å². The zero-order chi connectivity index (χ0) is 14.0. The Kier molecular flexibility index (Phi) is 3.91. The van der Waals surface area contributed by atoms with Crippen molar-refractivity contribution < 1.29 is 17.7 Å². The summed E-state index contributed by atoms with van der Waals surface area (Å²) < 4.78 is 29.0. The Morgan fingerprint density at radius 3 is 2.58 bits per heavy atom. The van der Waals surface area contributed by atoms with Crippen LogP contribution in [-0.2, 0) is 10.0 Å². The Labute approximate surface area is 112 Å². The van der Waals surface area contributed by atoms with Gasteiger partial charge in [-0.15, -0.1) is 0 Å². The SMILES string of the molecule is Cc1cc(C(=O)NC2CCN(S(C)(=O)=O)CC2)no1. The molecule has 2 rings (SSSR count). The first-order chi connectivity index (χ1) is 8.86. The lowest BCUT2D eigenvalue weighted by atomic mass is 10.1. The molecular weight excluding hydrogens is 270 g/mol. The second-order valence-corrected chi connectivity index (χ2v) is 6.72. The lowest BCUT2D eigenvalue weighted by Crippen LogP contribution is -2.46. The third-order valence-corrected chi connectivity index (χ3v) is 4.42. The molecule has 2 heterocycles. The van der Waals surface area contributed by atoms with Crippen LogP contribution < -0.4 is 5.32 Å². The third kappa shape index (κ3) is 3.54. The van der Waals surface area contributed by atoms with Crippen molar-refractivity contribution in [2.45, 2.75) is 25.8 Å². The van der Waals surface area contributed by atoms with Crippen LogP contribution in [0, 0.1) is 6.92 Å². The van der Waals surface area contributed by atoms with Gasteiger partial charge in [-0.05, 0) is 19.8 Å². The highest BCUT2D eigenvalue weighted by Gasteiger charge is 2.26. The van der Waals surface area contributed by atoms with Gasteiger partial charge in [0.25, 0.3) is 5.91 Å². The molecule has 1 amide bonds. The van der Waals surface area contributed by atoms with E-state index in [0.717, 1.165) is 0 Å². The Bertz CT molecular complexity index is 558. The van der Waals surface area contributed by atoms with Crippen molar-refractivity contribution in [2.75, 3.05) is 19.3 Å². The van der Waals surface area contributed by atoms with Crippen LogP contribution in [-0.4, -0.2) is 49.2 Å². The minimum absolute atomic E-state index is 0.0255. The molecular formula is C11H17N3O4S. The quantitative estimate of drug-likeness (QED) is 0.853. The van der Waals surface area contributed by atoms with Gasteiger partial charge in [0.1, 0.15) is 5.76 Å². The first kappa shape index (κ1) is 14.0. The molecule has 1 aromatic rings. The molecule has 1 aromatic heterocycles. The monoisotopic (exact) mass is 287 g/mol. The van der Waals surface area contributed by atoms with Crippen LogP contribution in [0.4, 0.5) is 0 Å². The van der Waals surface area contributed by atoms with Crippen LogP contribution in [0.5, 0.6) is 0 Å². The third-order valence-electron chi connectivity index (χ3n) is 3.12. The topological polar surface area (TPSA) is 92.5 Å². The van der Waals surface area contributed by atoms with E-state index in [0.29, 0.717) is 31.7 Å². The number of piperidine rings is 1. The van der Waals surface area contributed by atoms with Crippen LogP contribution in [0.2, 0.25) is 0 Å². The minimum atomic E-state index is -3.13. The average Bonchev–Trinajstić information content (AvgIpc) is 2.75. The van der Waals surface area contributed by atoms with Gasteiger partial charge in [0.05, 0.1) is 6.26 Å². The van der Waals surface area contributed by atoms with E-state index in [1.807, 2.05) is 0 Å². The van der Waals surface area contributed by atoms with E-state index >= 15 is 0 Å². The number of hydrogen-bond donors (Lipinski definition) is 1. The maximum atomic E-state index is 11.8. The summed E-state index contributed by atoms with van der Waals surface area (Å²) in [6, 6.07) is 1.54. The van der Waals surface area contributed by atoms with Crippen molar-refractivity contribution in [3.8, 4) is 0 Å². The molecule has 0 saturated carbocycles. The first-order valence-corrected chi connectivity index (χ1v) is 7.90. The Morgan fingerprint density at radius 1 is 1.47 bits per heavy atom. The molecule has 0 unspecified atom stereocenters. The number of sulfonamides is 1. The number of hydrogen-bond acceptors (Lipinski definition) is 5. The number of aromatic nitrogens is 1. The molecule has 0 atom stereocenters. The van der Waals surface area contributed by atoms with Gasteiger partial charge in [-0.25, -0.2) is 12.7 Å². The van der Waals surface area contributed by atoms with Gasteiger partial charge in [-0.1, -0.05) is 5.16 Å². The number of amides is 1. The van der Waals surface area contributed by atoms with E-state index in [1.54, 1.807) is 13.0 Å². The maximum Gasteiger partial charge on any atom is 0.273 e. The summed E-state index contributed by atoms with van der Waals surface area (Å²) in [5, 5.41) is 6.48. The molecule has 0 spiro atoms. The number of carbonyl (C=O) groups excluding carboxylic acids is 1. The molecule has 1 aliphatic heterocycles. The predicted molar refractivity (Wildman–Crippen MR) is 68.1 cm³/mol. The Balaban J connectivity index is 1.88. The standard InChI is InChI=1S/C11H17N3O4S/c1-8-7-10(13-18-8)11(15)12-9-3-5-14(6-4-9)19(2,16)17/h7,9H,3-6H2,1-2H3,(H,12,15). The molecule has 8 heteroatoms. The number of aryl methyl sites for hydroxylation is 1. The van der Waals surface area contributed by atoms with Crippen molar-refractivity contribution in [1.29, 1.82) is 0 Å². The van der Waals surface area contributed by atoms with Crippen molar-refractivity contribution in [1.82, 2.24) is 14.8 Å². The lowest BCUT2D eigenvalue weighted by molar-refractivity contribution is 0.0914. The van der Waals surface area contributed by atoms with E-state index in [9.17, 15) is 13.2 Å². The molecule has 106 valence electrons. The van der Waals surface area contributed by atoms with E-state index in [1.165, 1.54) is 10.6 Å². The molecule has 0 bridgehead atoms. The molecule has 7 nitrogen and oxygen atoms in total. The number of nitrogens with zero attached hydrogens (tertiary/aromatic N) is 2. The van der Waals surface area contributed by atoms with E-state index < -0.39 is 10.0 Å². The fraction of sp³-hybridized carbons (Fsp3) is 0.636. The van der Waals surface area contributed by atoms with Gasteiger partial charge in [-0.3, -0.25) is 4.79 Å². The summed E-state index contributed by atoms with van der Waals surface area (Å²) >= 11 is 0. The van der Waals surface area contributed by atoms with Crippen LogP contribution in [0.15, 0.2) is 10.6 Å². The zero-order valence-electron chi connectivity index (χ0n) is 10.9. The zero-order valence-corrected chi connectivity index (χ0v) is 11.7. The van der Waals surface area contributed by atoms with E-state index in [4.69, 9.17) is 4.52 Å². The van der Waals surface area contributed by atoms with Crippen molar-refractivity contribution in [3.05, 3.63) is 17.5 Å². The summed E-state index contributed by atoms with van der Waals surface area (Å²) in [5.41, 5.74) is 0.253. The largest absolute Gasteiger partial charge is 0.361 e. The Hall–Kier alpha value is -1.41. The summed E-state index contributed by atoms with van der Waals surface area (Å²) in [5.74, 6) is 0.298. The molecule has 19 heavy (non-hydrogen) atoms. The highest BCUT2D eigenvalue weighted by atomic mass is 32.2. The minimum Gasteiger partial charge on any atom is -0.361 e. The second kappa shape index (κ2) is 5.30. The molecule has 1 fully saturated rings. The molecule has 1 saturated heterocycles. The van der Waals surface area contributed by atoms with Gasteiger partial charge in [0.2, 0.25) is 10.0 Å². The van der Waals surface area contributed by atoms with Gasteiger partial charge >= 0.3 is 0 Å². The van der Waals surface area contributed by atoms with Crippen LogP contribution in [0.25, 0.3) is 0 Å². The second-order valence-electron chi connectivity index (χ2n) is 4.73. The molecule has 0 radical (unpaired) electrons. The maximum absolute atomic E-state index is 11.8. The van der Waals surface area contributed by atoms with Crippen LogP contribution >= 0.6 is 0 Å². The molecule has 0 aliphatic carbocycles. The summed E-state index contributed by atoms with van der Waals surface area (Å²) in [6.45, 7) is 2.58. The van der Waals surface area contributed by atoms with E-state index in [-0.39, 0.29) is 17.6 Å². The fourth-order valence-corrected chi connectivity index (χ4v) is 2.94. The van der Waals surface area contributed by atoms with Crippen LogP contribution in [0.3, 0.4) is 0 Å². The highest BCUT2D eigenvalue weighted by molar-refractivity contribution is 7.88. The average molecular weight is 287 g/mol. The summed E-state index contributed by atoms with van der Waals surface area (Å²) in [7, 11) is -3.13. The predicted octanol–water partition coefficient (Wildman–Crippen LogP) is 0.137. The number of rotatable bonds is 3. The highest BCUT2D eigenvalue weighted by Crippen LogP contribution is 2.13. The smallest absolute Gasteiger partial charge is 0.273 e. The molecule has 1 aliphatic rings. The first-order valence-electron chi connectivity index (χ1n) is 6.05. The van der Waals surface area contributed by atoms with Crippen molar-refractivity contribution in [2.24, 2.45) is 0 Å². The van der Waals surface area contributed by atoms with Gasteiger partial charge in [-0.2, -0.15) is 0 Å². The summed E-state index contributed by atoms with van der Waals surface area (Å²) in [6.07, 6.45) is 2.41. The summed E-state index contributed by atoms with van der Waals surface area (Å²) in [4.78, 5) is 11.8. The van der Waals surface area contributed by atoms with Gasteiger partial charge in [0, 0.05) is 25.2 Å². The number of nitrogens with one attached hydrogen (secondary N) is 1. The molecule has 0 aromatic carbocycles. The lowest BCUT2D eigenvalue weighted by Gasteiger charge is -2.30. The molecule has 1 N–H and O–H groups in total.